The molecule has 3 rings (SSSR count). The predicted molar refractivity (Wildman–Crippen MR) is 102 cm³/mol. The number of sulfonamides is 1. The summed E-state index contributed by atoms with van der Waals surface area (Å²) in [6.45, 7) is 0. The summed E-state index contributed by atoms with van der Waals surface area (Å²) in [5.41, 5.74) is 3.37. The number of benzene rings is 3. The van der Waals surface area contributed by atoms with Crippen LogP contribution >= 0.6 is 0 Å². The maximum Gasteiger partial charge on any atom is 0.416 e. The second-order valence-corrected chi connectivity index (χ2v) is 7.91. The molecule has 0 spiro atoms. The van der Waals surface area contributed by atoms with Crippen LogP contribution in [0.1, 0.15) is 15.9 Å². The Kier molecular flexibility index (Phi) is 5.53. The van der Waals surface area contributed by atoms with Crippen LogP contribution < -0.4 is 10.0 Å². The Balaban J connectivity index is 2.29. The molecule has 156 valence electrons. The Bertz CT molecular complexity index is 1190. The Morgan fingerprint density at radius 3 is 2.10 bits per heavy atom. The van der Waals surface area contributed by atoms with Gasteiger partial charge < -0.3 is 5.73 Å². The molecule has 0 saturated carbocycles. The van der Waals surface area contributed by atoms with Gasteiger partial charge in [0.05, 0.1) is 22.5 Å². The number of primary amides is 1. The van der Waals surface area contributed by atoms with Gasteiger partial charge in [-0.2, -0.15) is 13.2 Å². The zero-order valence-corrected chi connectivity index (χ0v) is 15.9. The molecule has 0 fully saturated rings. The van der Waals surface area contributed by atoms with Crippen LogP contribution in [-0.4, -0.2) is 14.3 Å². The molecular formula is C20H14F4N2O3S. The number of nitrogens with two attached hydrogens (primary N) is 1. The number of carbonyl (C=O) groups excluding carboxylic acids is 1. The SMILES string of the molecule is NC(=O)c1ccccc1S(=O)(=O)N(c1ccc(F)cc1)c1cccc(C(F)(F)F)c1. The lowest BCUT2D eigenvalue weighted by atomic mass is 10.2. The molecule has 0 bridgehead atoms. The van der Waals surface area contributed by atoms with E-state index in [-0.39, 0.29) is 16.9 Å². The zero-order valence-electron chi connectivity index (χ0n) is 15.1. The van der Waals surface area contributed by atoms with Crippen LogP contribution in [0.25, 0.3) is 0 Å². The third kappa shape index (κ3) is 4.13. The number of nitrogens with zero attached hydrogens (tertiary/aromatic N) is 1. The maximum atomic E-state index is 13.4. The van der Waals surface area contributed by atoms with E-state index in [0.717, 1.165) is 48.5 Å². The normalized spacial score (nSPS) is 11.9. The molecule has 2 N–H and O–H groups in total. The summed E-state index contributed by atoms with van der Waals surface area (Å²) in [6, 6.07) is 12.8. The Morgan fingerprint density at radius 2 is 1.50 bits per heavy atom. The van der Waals surface area contributed by atoms with Crippen molar-refractivity contribution in [2.24, 2.45) is 5.73 Å². The van der Waals surface area contributed by atoms with E-state index >= 15 is 0 Å². The van der Waals surface area contributed by atoms with Crippen molar-refractivity contribution in [1.82, 2.24) is 0 Å². The number of anilines is 2. The highest BCUT2D eigenvalue weighted by Gasteiger charge is 2.34. The third-order valence-corrected chi connectivity index (χ3v) is 5.95. The molecule has 1 amide bonds. The standard InChI is InChI=1S/C20H14F4N2O3S/c21-14-8-10-15(11-9-14)26(16-5-3-4-13(12-16)20(22,23)24)30(28,29)18-7-2-1-6-17(18)19(25)27/h1-12H,(H2,25,27). The van der Waals surface area contributed by atoms with Crippen LogP contribution in [0.15, 0.2) is 77.7 Å². The van der Waals surface area contributed by atoms with Crippen LogP contribution in [0.2, 0.25) is 0 Å². The molecule has 0 unspecified atom stereocenters. The van der Waals surface area contributed by atoms with Crippen molar-refractivity contribution in [2.45, 2.75) is 11.1 Å². The number of carbonyl (C=O) groups is 1. The molecule has 3 aromatic rings. The molecule has 0 heterocycles. The van der Waals surface area contributed by atoms with Gasteiger partial charge >= 0.3 is 6.18 Å². The van der Waals surface area contributed by atoms with Crippen LogP contribution in [-0.2, 0) is 16.2 Å². The highest BCUT2D eigenvalue weighted by Crippen LogP contribution is 2.37. The molecule has 0 aromatic heterocycles. The summed E-state index contributed by atoms with van der Waals surface area (Å²) < 4.78 is 80.5. The van der Waals surface area contributed by atoms with E-state index in [2.05, 4.69) is 0 Å². The highest BCUT2D eigenvalue weighted by atomic mass is 32.2. The number of amides is 1. The smallest absolute Gasteiger partial charge is 0.366 e. The zero-order chi connectivity index (χ0) is 22.1. The summed E-state index contributed by atoms with van der Waals surface area (Å²) in [5.74, 6) is -1.70. The monoisotopic (exact) mass is 438 g/mol. The van der Waals surface area contributed by atoms with Crippen LogP contribution in [0.4, 0.5) is 28.9 Å². The van der Waals surface area contributed by atoms with E-state index in [9.17, 15) is 30.8 Å². The molecule has 0 aliphatic carbocycles. The van der Waals surface area contributed by atoms with Crippen LogP contribution in [0, 0.1) is 5.82 Å². The Labute approximate surface area is 169 Å². The fourth-order valence-electron chi connectivity index (χ4n) is 2.81. The van der Waals surface area contributed by atoms with Gasteiger partial charge in [0.1, 0.15) is 10.7 Å². The summed E-state index contributed by atoms with van der Waals surface area (Å²) in [6.07, 6.45) is -4.72. The lowest BCUT2D eigenvalue weighted by Crippen LogP contribution is -2.29. The minimum absolute atomic E-state index is 0.130. The first-order valence-corrected chi connectivity index (χ1v) is 9.83. The largest absolute Gasteiger partial charge is 0.416 e. The van der Waals surface area contributed by atoms with Gasteiger partial charge in [0.2, 0.25) is 5.91 Å². The van der Waals surface area contributed by atoms with Crippen LogP contribution in [0.5, 0.6) is 0 Å². The van der Waals surface area contributed by atoms with Gasteiger partial charge in [-0.25, -0.2) is 17.1 Å². The molecule has 5 nitrogen and oxygen atoms in total. The highest BCUT2D eigenvalue weighted by molar-refractivity contribution is 7.93. The van der Waals surface area contributed by atoms with Crippen molar-refractivity contribution < 1.29 is 30.8 Å². The molecule has 0 atom stereocenters. The van der Waals surface area contributed by atoms with E-state index in [0.29, 0.717) is 10.4 Å². The fourth-order valence-corrected chi connectivity index (χ4v) is 4.49. The molecule has 0 aliphatic heterocycles. The van der Waals surface area contributed by atoms with E-state index in [1.54, 1.807) is 0 Å². The van der Waals surface area contributed by atoms with Gasteiger partial charge in [0.15, 0.2) is 0 Å². The molecule has 0 saturated heterocycles. The molecular weight excluding hydrogens is 424 g/mol. The summed E-state index contributed by atoms with van der Waals surface area (Å²) in [4.78, 5) is 11.2. The van der Waals surface area contributed by atoms with E-state index in [1.165, 1.54) is 18.2 Å². The lowest BCUT2D eigenvalue weighted by molar-refractivity contribution is -0.137. The average Bonchev–Trinajstić information content (AvgIpc) is 2.69. The Morgan fingerprint density at radius 1 is 0.867 bits per heavy atom. The van der Waals surface area contributed by atoms with Gasteiger partial charge in [0.25, 0.3) is 10.0 Å². The predicted octanol–water partition coefficient (Wildman–Crippen LogP) is 4.47. The number of hydrogen-bond donors (Lipinski definition) is 1. The van der Waals surface area contributed by atoms with Gasteiger partial charge in [0, 0.05) is 0 Å². The fraction of sp³-hybridized carbons (Fsp3) is 0.0500. The number of rotatable bonds is 5. The van der Waals surface area contributed by atoms with Gasteiger partial charge in [-0.05, 0) is 54.6 Å². The number of halogens is 4. The van der Waals surface area contributed by atoms with E-state index in [1.807, 2.05) is 0 Å². The number of alkyl halides is 3. The molecule has 10 heteroatoms. The summed E-state index contributed by atoms with van der Waals surface area (Å²) in [5, 5.41) is 0. The van der Waals surface area contributed by atoms with Crippen molar-refractivity contribution >= 4 is 27.3 Å². The van der Waals surface area contributed by atoms with Gasteiger partial charge in [-0.1, -0.05) is 18.2 Å². The minimum Gasteiger partial charge on any atom is -0.366 e. The van der Waals surface area contributed by atoms with Gasteiger partial charge in [-0.3, -0.25) is 4.79 Å². The second kappa shape index (κ2) is 7.79. The number of hydrogen-bond acceptors (Lipinski definition) is 3. The summed E-state index contributed by atoms with van der Waals surface area (Å²) >= 11 is 0. The quantitative estimate of drug-likeness (QED) is 0.597. The Hall–Kier alpha value is -3.40. The van der Waals surface area contributed by atoms with Crippen molar-refractivity contribution in [1.29, 1.82) is 0 Å². The van der Waals surface area contributed by atoms with Crippen molar-refractivity contribution in [3.8, 4) is 0 Å². The van der Waals surface area contributed by atoms with Crippen molar-refractivity contribution in [3.05, 3.63) is 89.7 Å². The van der Waals surface area contributed by atoms with Crippen LogP contribution in [0.3, 0.4) is 0 Å². The topological polar surface area (TPSA) is 80.5 Å². The average molecular weight is 438 g/mol. The lowest BCUT2D eigenvalue weighted by Gasteiger charge is -2.26. The third-order valence-electron chi connectivity index (χ3n) is 4.14. The maximum absolute atomic E-state index is 13.4. The first-order valence-electron chi connectivity index (χ1n) is 8.39. The first-order chi connectivity index (χ1) is 14.0. The van der Waals surface area contributed by atoms with Gasteiger partial charge in [-0.15, -0.1) is 0 Å². The molecule has 0 aliphatic rings. The van der Waals surface area contributed by atoms with Crippen molar-refractivity contribution in [3.63, 3.8) is 0 Å². The van der Waals surface area contributed by atoms with E-state index in [4.69, 9.17) is 5.73 Å². The molecule has 3 aromatic carbocycles. The van der Waals surface area contributed by atoms with Crippen molar-refractivity contribution in [2.75, 3.05) is 4.31 Å². The van der Waals surface area contributed by atoms with E-state index < -0.39 is 38.4 Å². The molecule has 0 radical (unpaired) electrons. The molecule has 30 heavy (non-hydrogen) atoms. The minimum atomic E-state index is -4.72. The first kappa shape index (κ1) is 21.3. The summed E-state index contributed by atoms with van der Waals surface area (Å²) in [7, 11) is -4.62. The second-order valence-electron chi connectivity index (χ2n) is 6.15.